The average molecular weight is 437 g/mol. The number of benzene rings is 1. The zero-order chi connectivity index (χ0) is 22.7. The van der Waals surface area contributed by atoms with Crippen LogP contribution in [0.3, 0.4) is 0 Å². The number of rotatable bonds is 2. The lowest BCUT2D eigenvalue weighted by Crippen LogP contribution is -2.45. The molecule has 0 saturated heterocycles. The monoisotopic (exact) mass is 436 g/mol. The first-order valence-electron chi connectivity index (χ1n) is 11.3. The van der Waals surface area contributed by atoms with E-state index in [0.29, 0.717) is 37.3 Å². The highest BCUT2D eigenvalue weighted by atomic mass is 16.5. The molecular formula is C24H32N6O2. The molecule has 170 valence electrons. The zero-order valence-corrected chi connectivity index (χ0v) is 19.3. The number of fused-ring (bicyclic) bond motifs is 7. The van der Waals surface area contributed by atoms with Gasteiger partial charge in [0.2, 0.25) is 5.65 Å². The van der Waals surface area contributed by atoms with Gasteiger partial charge in [0.15, 0.2) is 0 Å². The second-order valence-corrected chi connectivity index (χ2v) is 8.39. The molecule has 32 heavy (non-hydrogen) atoms. The van der Waals surface area contributed by atoms with E-state index in [2.05, 4.69) is 48.1 Å². The molecule has 8 nitrogen and oxygen atoms in total. The van der Waals surface area contributed by atoms with E-state index in [-0.39, 0.29) is 12.1 Å². The first-order chi connectivity index (χ1) is 15.5. The van der Waals surface area contributed by atoms with Gasteiger partial charge in [0.25, 0.3) is 5.88 Å². The molecular weight excluding hydrogens is 404 g/mol. The minimum absolute atomic E-state index is 0.0438. The smallest absolute Gasteiger partial charge is 0.317 e. The Balaban J connectivity index is 1.76. The summed E-state index contributed by atoms with van der Waals surface area (Å²) >= 11 is 0. The van der Waals surface area contributed by atoms with E-state index in [4.69, 9.17) is 9.72 Å². The van der Waals surface area contributed by atoms with Crippen molar-refractivity contribution in [3.8, 4) is 17.1 Å². The number of ether oxygens (including phenoxy) is 1. The molecule has 1 aromatic carbocycles. The number of carbonyl (C=O) groups is 1. The van der Waals surface area contributed by atoms with E-state index in [9.17, 15) is 4.79 Å². The lowest BCUT2D eigenvalue weighted by molar-refractivity contribution is 0.165. The van der Waals surface area contributed by atoms with Gasteiger partial charge in [0.1, 0.15) is 6.61 Å². The van der Waals surface area contributed by atoms with Gasteiger partial charge in [0.05, 0.1) is 11.7 Å². The summed E-state index contributed by atoms with van der Waals surface area (Å²) in [5.41, 5.74) is 3.55. The number of carbonyl (C=O) groups excluding carboxylic acids is 1. The van der Waals surface area contributed by atoms with E-state index in [1.165, 1.54) is 0 Å². The topological polar surface area (TPSA) is 75.0 Å². The van der Waals surface area contributed by atoms with Crippen molar-refractivity contribution in [2.45, 2.75) is 39.8 Å². The second kappa shape index (κ2) is 9.56. The number of hydrogen-bond donors (Lipinski definition) is 1. The fourth-order valence-electron chi connectivity index (χ4n) is 4.17. The Kier molecular flexibility index (Phi) is 6.60. The van der Waals surface area contributed by atoms with Crippen LogP contribution in [0.4, 0.5) is 4.79 Å². The first kappa shape index (κ1) is 22.1. The minimum atomic E-state index is -0.0678. The molecule has 0 radical (unpaired) electrons. The molecule has 2 amide bonds. The summed E-state index contributed by atoms with van der Waals surface area (Å²) in [4.78, 5) is 26.3. The Morgan fingerprint density at radius 3 is 2.91 bits per heavy atom. The van der Waals surface area contributed by atoms with Crippen molar-refractivity contribution in [1.29, 1.82) is 0 Å². The Labute approximate surface area is 189 Å². The van der Waals surface area contributed by atoms with Gasteiger partial charge in [-0.15, -0.1) is 0 Å². The van der Waals surface area contributed by atoms with Crippen molar-refractivity contribution in [2.75, 3.05) is 32.8 Å². The van der Waals surface area contributed by atoms with Gasteiger partial charge in [0, 0.05) is 56.4 Å². The second-order valence-electron chi connectivity index (χ2n) is 8.39. The molecule has 4 bridgehead atoms. The predicted octanol–water partition coefficient (Wildman–Crippen LogP) is 3.59. The Bertz CT molecular complexity index is 1080. The van der Waals surface area contributed by atoms with Crippen molar-refractivity contribution < 1.29 is 9.53 Å². The van der Waals surface area contributed by atoms with E-state index in [1.54, 1.807) is 6.20 Å². The maximum atomic E-state index is 12.9. The van der Waals surface area contributed by atoms with Crippen LogP contribution < -0.4 is 10.1 Å². The molecule has 4 rings (SSSR count). The summed E-state index contributed by atoms with van der Waals surface area (Å²) < 4.78 is 8.06. The third-order valence-electron chi connectivity index (χ3n) is 6.10. The van der Waals surface area contributed by atoms with Crippen LogP contribution in [0.15, 0.2) is 42.9 Å². The van der Waals surface area contributed by atoms with Crippen molar-refractivity contribution in [3.63, 3.8) is 0 Å². The maximum absolute atomic E-state index is 12.9. The number of nitrogens with one attached hydrogen (secondary N) is 1. The van der Waals surface area contributed by atoms with Gasteiger partial charge in [-0.3, -0.25) is 4.90 Å². The van der Waals surface area contributed by atoms with Crippen LogP contribution in [0.5, 0.6) is 5.88 Å². The normalized spacial score (nSPS) is 18.6. The van der Waals surface area contributed by atoms with Crippen LogP contribution >= 0.6 is 0 Å². The third-order valence-corrected chi connectivity index (χ3v) is 6.10. The highest BCUT2D eigenvalue weighted by Crippen LogP contribution is 2.28. The van der Waals surface area contributed by atoms with Crippen LogP contribution in [0.25, 0.3) is 16.9 Å². The van der Waals surface area contributed by atoms with Crippen LogP contribution in [0, 0.1) is 0 Å². The molecule has 1 aliphatic heterocycles. The summed E-state index contributed by atoms with van der Waals surface area (Å²) in [5.74, 6) is 0.533. The van der Waals surface area contributed by atoms with E-state index < -0.39 is 0 Å². The van der Waals surface area contributed by atoms with E-state index >= 15 is 0 Å². The number of nitrogens with zero attached hydrogens (tertiary/aromatic N) is 5. The van der Waals surface area contributed by atoms with Crippen molar-refractivity contribution in [3.05, 3.63) is 48.4 Å². The quantitative estimate of drug-likeness (QED) is 0.665. The molecule has 3 heterocycles. The standard InChI is InChI=1S/C24H32N6O2/c1-5-30-18(4)19-7-6-8-20(15-19)21-16-29-12-9-25-22(29)23(27-21)32-14-13-28(17(2)3)11-10-26-24(30)31/h6-9,12,15-18H,5,10-11,13-14H2,1-4H3,(H,26,31)/t18-/m1/s1. The van der Waals surface area contributed by atoms with Gasteiger partial charge in [-0.2, -0.15) is 0 Å². The maximum Gasteiger partial charge on any atom is 0.317 e. The number of amides is 2. The van der Waals surface area contributed by atoms with Crippen LogP contribution in [0.2, 0.25) is 0 Å². The SMILES string of the molecule is CCN1C(=O)NCCN(C(C)C)CCOc2nc(cn3ccnc23)-c2cccc(c2)[C@H]1C. The molecule has 0 fully saturated rings. The van der Waals surface area contributed by atoms with E-state index in [1.807, 2.05) is 40.8 Å². The van der Waals surface area contributed by atoms with Gasteiger partial charge < -0.3 is 19.4 Å². The lowest BCUT2D eigenvalue weighted by atomic mass is 10.0. The molecule has 8 heteroatoms. The predicted molar refractivity (Wildman–Crippen MR) is 125 cm³/mol. The third kappa shape index (κ3) is 4.55. The fraction of sp³-hybridized carbons (Fsp3) is 0.458. The molecule has 0 aliphatic carbocycles. The first-order valence-corrected chi connectivity index (χ1v) is 11.3. The summed E-state index contributed by atoms with van der Waals surface area (Å²) in [6.45, 7) is 11.6. The fourth-order valence-corrected chi connectivity index (χ4v) is 4.17. The molecule has 3 aromatic rings. The average Bonchev–Trinajstić information content (AvgIpc) is 3.26. The van der Waals surface area contributed by atoms with Crippen LogP contribution in [0.1, 0.15) is 39.3 Å². The van der Waals surface area contributed by atoms with E-state index in [0.717, 1.165) is 29.9 Å². The Hall–Kier alpha value is -3.13. The summed E-state index contributed by atoms with van der Waals surface area (Å²) in [7, 11) is 0. The summed E-state index contributed by atoms with van der Waals surface area (Å²) in [5, 5.41) is 3.09. The van der Waals surface area contributed by atoms with Crippen LogP contribution in [-0.4, -0.2) is 69.0 Å². The van der Waals surface area contributed by atoms with Crippen molar-refractivity contribution >= 4 is 11.7 Å². The Morgan fingerprint density at radius 1 is 1.28 bits per heavy atom. The summed E-state index contributed by atoms with van der Waals surface area (Å²) in [6, 6.07) is 8.42. The molecule has 2 aromatic heterocycles. The largest absolute Gasteiger partial charge is 0.474 e. The molecule has 1 atom stereocenters. The van der Waals surface area contributed by atoms with Gasteiger partial charge in [-0.25, -0.2) is 14.8 Å². The van der Waals surface area contributed by atoms with Gasteiger partial charge in [-0.05, 0) is 39.3 Å². The number of imidazole rings is 1. The molecule has 0 saturated carbocycles. The van der Waals surface area contributed by atoms with Gasteiger partial charge >= 0.3 is 6.03 Å². The highest BCUT2D eigenvalue weighted by Gasteiger charge is 2.21. The lowest BCUT2D eigenvalue weighted by Gasteiger charge is -2.30. The molecule has 0 spiro atoms. The molecule has 0 unspecified atom stereocenters. The highest BCUT2D eigenvalue weighted by molar-refractivity contribution is 5.75. The minimum Gasteiger partial charge on any atom is -0.474 e. The number of aromatic nitrogens is 3. The summed E-state index contributed by atoms with van der Waals surface area (Å²) in [6.07, 6.45) is 5.63. The number of hydrogen-bond acceptors (Lipinski definition) is 5. The zero-order valence-electron chi connectivity index (χ0n) is 19.3. The number of urea groups is 1. The Morgan fingerprint density at radius 2 is 2.12 bits per heavy atom. The van der Waals surface area contributed by atoms with Crippen molar-refractivity contribution in [1.82, 2.24) is 29.5 Å². The van der Waals surface area contributed by atoms with Crippen molar-refractivity contribution in [2.24, 2.45) is 0 Å². The molecule has 1 N–H and O–H groups in total. The molecule has 1 aliphatic rings. The van der Waals surface area contributed by atoms with Gasteiger partial charge in [-0.1, -0.05) is 18.2 Å². The van der Waals surface area contributed by atoms with Crippen LogP contribution in [-0.2, 0) is 0 Å².